The highest BCUT2D eigenvalue weighted by Gasteiger charge is 2.15. The second-order valence-corrected chi connectivity index (χ2v) is 3.21. The number of carbonyl (C=O) groups excluding carboxylic acids is 1. The number of hydrogen-bond acceptors (Lipinski definition) is 4. The predicted octanol–water partition coefficient (Wildman–Crippen LogP) is 1.58. The van der Waals surface area contributed by atoms with Crippen LogP contribution in [0.5, 0.6) is 0 Å². The van der Waals surface area contributed by atoms with Gasteiger partial charge >= 0.3 is 5.97 Å². The van der Waals surface area contributed by atoms with Gasteiger partial charge in [0.1, 0.15) is 0 Å². The Balaban J connectivity index is 3.82. The van der Waals surface area contributed by atoms with Gasteiger partial charge in [-0.1, -0.05) is 6.92 Å². The second-order valence-electron chi connectivity index (χ2n) is 3.21. The molecule has 0 rings (SSSR count). The van der Waals surface area contributed by atoms with Crippen molar-refractivity contribution in [3.63, 3.8) is 0 Å². The Morgan fingerprint density at radius 1 is 1.29 bits per heavy atom. The third kappa shape index (κ3) is 5.94. The van der Waals surface area contributed by atoms with E-state index in [1.807, 2.05) is 0 Å². The highest BCUT2D eigenvalue weighted by Crippen LogP contribution is 2.14. The SMILES string of the molecule is CCC(COC(C)=O)CC(OC)OC. The van der Waals surface area contributed by atoms with Crippen molar-refractivity contribution in [2.24, 2.45) is 5.92 Å². The fraction of sp³-hybridized carbons (Fsp3) is 0.900. The van der Waals surface area contributed by atoms with Crippen LogP contribution in [0.25, 0.3) is 0 Å². The van der Waals surface area contributed by atoms with Gasteiger partial charge in [0.15, 0.2) is 6.29 Å². The van der Waals surface area contributed by atoms with Gasteiger partial charge in [0, 0.05) is 27.6 Å². The molecule has 0 aliphatic heterocycles. The molecule has 0 radical (unpaired) electrons. The van der Waals surface area contributed by atoms with Crippen molar-refractivity contribution in [3.05, 3.63) is 0 Å². The minimum atomic E-state index is -0.241. The van der Waals surface area contributed by atoms with E-state index in [1.165, 1.54) is 6.92 Å². The first kappa shape index (κ1) is 13.4. The minimum Gasteiger partial charge on any atom is -0.466 e. The molecule has 0 amide bonds. The molecule has 1 atom stereocenters. The van der Waals surface area contributed by atoms with Crippen molar-refractivity contribution < 1.29 is 19.0 Å². The van der Waals surface area contributed by atoms with Crippen LogP contribution in [0.4, 0.5) is 0 Å². The molecular formula is C10H20O4. The van der Waals surface area contributed by atoms with Gasteiger partial charge < -0.3 is 14.2 Å². The van der Waals surface area contributed by atoms with E-state index in [-0.39, 0.29) is 12.3 Å². The number of methoxy groups -OCH3 is 2. The van der Waals surface area contributed by atoms with Crippen molar-refractivity contribution in [1.29, 1.82) is 0 Å². The standard InChI is InChI=1S/C10H20O4/c1-5-9(7-14-8(2)11)6-10(12-3)13-4/h9-10H,5-7H2,1-4H3. The van der Waals surface area contributed by atoms with Gasteiger partial charge in [0.2, 0.25) is 0 Å². The van der Waals surface area contributed by atoms with E-state index in [2.05, 4.69) is 6.92 Å². The van der Waals surface area contributed by atoms with E-state index in [0.29, 0.717) is 12.5 Å². The normalized spacial score (nSPS) is 12.9. The minimum absolute atomic E-state index is 0.212. The van der Waals surface area contributed by atoms with Gasteiger partial charge in [-0.15, -0.1) is 0 Å². The second kappa shape index (κ2) is 7.76. The van der Waals surface area contributed by atoms with E-state index >= 15 is 0 Å². The van der Waals surface area contributed by atoms with E-state index < -0.39 is 0 Å². The molecule has 0 aromatic rings. The highest BCUT2D eigenvalue weighted by molar-refractivity contribution is 5.65. The molecule has 0 saturated carbocycles. The third-order valence-corrected chi connectivity index (χ3v) is 2.15. The molecule has 0 heterocycles. The number of hydrogen-bond donors (Lipinski definition) is 0. The zero-order valence-electron chi connectivity index (χ0n) is 9.41. The van der Waals surface area contributed by atoms with Crippen LogP contribution >= 0.6 is 0 Å². The zero-order valence-corrected chi connectivity index (χ0v) is 9.41. The van der Waals surface area contributed by atoms with Crippen molar-refractivity contribution >= 4 is 5.97 Å². The van der Waals surface area contributed by atoms with Crippen LogP contribution < -0.4 is 0 Å². The summed E-state index contributed by atoms with van der Waals surface area (Å²) >= 11 is 0. The van der Waals surface area contributed by atoms with Gasteiger partial charge in [-0.2, -0.15) is 0 Å². The van der Waals surface area contributed by atoms with Crippen LogP contribution in [-0.4, -0.2) is 33.1 Å². The maximum absolute atomic E-state index is 10.6. The maximum atomic E-state index is 10.6. The van der Waals surface area contributed by atoms with Crippen LogP contribution in [0.1, 0.15) is 26.7 Å². The molecule has 0 N–H and O–H groups in total. The zero-order chi connectivity index (χ0) is 11.0. The van der Waals surface area contributed by atoms with E-state index in [1.54, 1.807) is 14.2 Å². The molecule has 0 aliphatic rings. The summed E-state index contributed by atoms with van der Waals surface area (Å²) in [4.78, 5) is 10.6. The number of carbonyl (C=O) groups is 1. The van der Waals surface area contributed by atoms with Gasteiger partial charge in [-0.05, 0) is 12.3 Å². The molecule has 4 heteroatoms. The third-order valence-electron chi connectivity index (χ3n) is 2.15. The lowest BCUT2D eigenvalue weighted by atomic mass is 10.0. The van der Waals surface area contributed by atoms with Crippen LogP contribution in [0, 0.1) is 5.92 Å². The fourth-order valence-electron chi connectivity index (χ4n) is 1.15. The Labute approximate surface area is 85.5 Å². The summed E-state index contributed by atoms with van der Waals surface area (Å²) in [6, 6.07) is 0. The lowest BCUT2D eigenvalue weighted by molar-refractivity contribution is -0.146. The van der Waals surface area contributed by atoms with Crippen LogP contribution in [0.3, 0.4) is 0 Å². The molecule has 0 aliphatic carbocycles. The van der Waals surface area contributed by atoms with E-state index in [0.717, 1.165) is 12.8 Å². The first-order valence-corrected chi connectivity index (χ1v) is 4.82. The molecule has 0 aromatic carbocycles. The molecule has 0 spiro atoms. The molecule has 4 nitrogen and oxygen atoms in total. The summed E-state index contributed by atoms with van der Waals surface area (Å²) in [5, 5.41) is 0. The topological polar surface area (TPSA) is 44.8 Å². The van der Waals surface area contributed by atoms with Gasteiger partial charge in [0.25, 0.3) is 0 Å². The Morgan fingerprint density at radius 2 is 1.86 bits per heavy atom. The molecule has 0 fully saturated rings. The lowest BCUT2D eigenvalue weighted by Crippen LogP contribution is -2.21. The monoisotopic (exact) mass is 204 g/mol. The first-order chi connectivity index (χ1) is 6.63. The lowest BCUT2D eigenvalue weighted by Gasteiger charge is -2.19. The molecule has 0 aromatic heterocycles. The smallest absolute Gasteiger partial charge is 0.302 e. The quantitative estimate of drug-likeness (QED) is 0.466. The van der Waals surface area contributed by atoms with Gasteiger partial charge in [-0.25, -0.2) is 0 Å². The average Bonchev–Trinajstić information content (AvgIpc) is 2.18. The summed E-state index contributed by atoms with van der Waals surface area (Å²) in [6.07, 6.45) is 1.48. The molecule has 0 saturated heterocycles. The summed E-state index contributed by atoms with van der Waals surface area (Å²) < 4.78 is 15.1. The highest BCUT2D eigenvalue weighted by atomic mass is 16.7. The fourth-order valence-corrected chi connectivity index (χ4v) is 1.15. The Morgan fingerprint density at radius 3 is 2.21 bits per heavy atom. The van der Waals surface area contributed by atoms with Crippen molar-refractivity contribution in [3.8, 4) is 0 Å². The Hall–Kier alpha value is -0.610. The Kier molecular flexibility index (Phi) is 7.42. The van der Waals surface area contributed by atoms with Gasteiger partial charge in [0.05, 0.1) is 6.61 Å². The molecule has 1 unspecified atom stereocenters. The molecule has 14 heavy (non-hydrogen) atoms. The largest absolute Gasteiger partial charge is 0.466 e. The summed E-state index contributed by atoms with van der Waals surface area (Å²) in [6.45, 7) is 3.91. The van der Waals surface area contributed by atoms with Crippen LogP contribution in [-0.2, 0) is 19.0 Å². The summed E-state index contributed by atoms with van der Waals surface area (Å²) in [7, 11) is 3.21. The van der Waals surface area contributed by atoms with Crippen molar-refractivity contribution in [2.45, 2.75) is 33.0 Å². The molecular weight excluding hydrogens is 184 g/mol. The number of rotatable bonds is 7. The van der Waals surface area contributed by atoms with Crippen LogP contribution in [0.15, 0.2) is 0 Å². The van der Waals surface area contributed by atoms with Crippen molar-refractivity contribution in [2.75, 3.05) is 20.8 Å². The Bertz CT molecular complexity index is 154. The molecule has 0 bridgehead atoms. The maximum Gasteiger partial charge on any atom is 0.302 e. The van der Waals surface area contributed by atoms with Crippen LogP contribution in [0.2, 0.25) is 0 Å². The first-order valence-electron chi connectivity index (χ1n) is 4.82. The number of esters is 1. The van der Waals surface area contributed by atoms with E-state index in [4.69, 9.17) is 14.2 Å². The average molecular weight is 204 g/mol. The predicted molar refractivity (Wildman–Crippen MR) is 52.8 cm³/mol. The summed E-state index contributed by atoms with van der Waals surface area (Å²) in [5.74, 6) is 0.0543. The van der Waals surface area contributed by atoms with Crippen molar-refractivity contribution in [1.82, 2.24) is 0 Å². The van der Waals surface area contributed by atoms with E-state index in [9.17, 15) is 4.79 Å². The summed E-state index contributed by atoms with van der Waals surface area (Å²) in [5.41, 5.74) is 0. The number of ether oxygens (including phenoxy) is 3. The molecule has 84 valence electrons. The van der Waals surface area contributed by atoms with Gasteiger partial charge in [-0.3, -0.25) is 4.79 Å².